The molecule has 0 spiro atoms. The molecule has 0 radical (unpaired) electrons. The summed E-state index contributed by atoms with van der Waals surface area (Å²) in [5, 5.41) is 15.2. The predicted octanol–water partition coefficient (Wildman–Crippen LogP) is 5.41. The number of amides is 1. The lowest BCUT2D eigenvalue weighted by Crippen LogP contribution is -2.22. The van der Waals surface area contributed by atoms with E-state index in [4.69, 9.17) is 0 Å². The average Bonchev–Trinajstić information content (AvgIpc) is 3.41. The van der Waals surface area contributed by atoms with Gasteiger partial charge in [0.15, 0.2) is 0 Å². The molecule has 1 fully saturated rings. The van der Waals surface area contributed by atoms with E-state index < -0.39 is 11.9 Å². The Bertz CT molecular complexity index is 855. The minimum Gasteiger partial charge on any atom is -0.481 e. The molecule has 1 aliphatic carbocycles. The number of hydrogen-bond acceptors (Lipinski definition) is 4. The molecular formula is C22H26N2O3S. The number of benzene rings is 1. The molecule has 1 aromatic carbocycles. The SMILES string of the molecule is CCCCC(CC(=O)Nc1cccc(/C=C/c2nc(C3CC3)cs2)c1)C(=O)O. The second-order valence-electron chi connectivity index (χ2n) is 7.27. The lowest BCUT2D eigenvalue weighted by Gasteiger charge is -2.12. The Kier molecular flexibility index (Phi) is 6.98. The van der Waals surface area contributed by atoms with Crippen LogP contribution >= 0.6 is 11.3 Å². The third-order valence-electron chi connectivity index (χ3n) is 4.81. The van der Waals surface area contributed by atoms with Crippen molar-refractivity contribution in [2.75, 3.05) is 5.32 Å². The molecular weight excluding hydrogens is 372 g/mol. The highest BCUT2D eigenvalue weighted by Gasteiger charge is 2.25. The highest BCUT2D eigenvalue weighted by molar-refractivity contribution is 7.10. The van der Waals surface area contributed by atoms with Gasteiger partial charge in [-0.05, 0) is 43.0 Å². The molecule has 2 aromatic rings. The zero-order valence-corrected chi connectivity index (χ0v) is 16.9. The fraction of sp³-hybridized carbons (Fsp3) is 0.409. The van der Waals surface area contributed by atoms with Gasteiger partial charge in [0.05, 0.1) is 11.6 Å². The Morgan fingerprint density at radius 2 is 2.18 bits per heavy atom. The van der Waals surface area contributed by atoms with Crippen molar-refractivity contribution in [3.05, 3.63) is 45.9 Å². The number of thiazole rings is 1. The van der Waals surface area contributed by atoms with Crippen LogP contribution in [0, 0.1) is 5.92 Å². The van der Waals surface area contributed by atoms with E-state index in [1.54, 1.807) is 11.3 Å². The predicted molar refractivity (Wildman–Crippen MR) is 113 cm³/mol. The van der Waals surface area contributed by atoms with Crippen LogP contribution in [0.4, 0.5) is 5.69 Å². The van der Waals surface area contributed by atoms with Crippen LogP contribution in [0.25, 0.3) is 12.2 Å². The fourth-order valence-electron chi connectivity index (χ4n) is 3.03. The molecule has 1 aromatic heterocycles. The molecule has 0 aliphatic heterocycles. The third kappa shape index (κ3) is 6.02. The number of carboxylic acid groups (broad SMARTS) is 1. The van der Waals surface area contributed by atoms with Crippen LogP contribution < -0.4 is 5.32 Å². The van der Waals surface area contributed by atoms with Crippen molar-refractivity contribution >= 4 is 41.1 Å². The number of unbranched alkanes of at least 4 members (excludes halogenated alkanes) is 1. The Morgan fingerprint density at radius 1 is 1.36 bits per heavy atom. The van der Waals surface area contributed by atoms with Gasteiger partial charge in [-0.3, -0.25) is 9.59 Å². The van der Waals surface area contributed by atoms with E-state index in [0.717, 1.165) is 23.4 Å². The van der Waals surface area contributed by atoms with E-state index >= 15 is 0 Å². The molecule has 148 valence electrons. The van der Waals surface area contributed by atoms with Crippen molar-refractivity contribution in [3.8, 4) is 0 Å². The van der Waals surface area contributed by atoms with Gasteiger partial charge < -0.3 is 10.4 Å². The van der Waals surface area contributed by atoms with Gasteiger partial charge in [-0.15, -0.1) is 11.3 Å². The Morgan fingerprint density at radius 3 is 2.89 bits per heavy atom. The molecule has 1 amide bonds. The number of carbonyl (C=O) groups excluding carboxylic acids is 1. The molecule has 0 saturated heterocycles. The summed E-state index contributed by atoms with van der Waals surface area (Å²) in [4.78, 5) is 28.2. The van der Waals surface area contributed by atoms with Crippen LogP contribution in [0.15, 0.2) is 29.6 Å². The lowest BCUT2D eigenvalue weighted by atomic mass is 9.98. The molecule has 1 atom stereocenters. The minimum absolute atomic E-state index is 0.00153. The van der Waals surface area contributed by atoms with Gasteiger partial charge in [-0.2, -0.15) is 0 Å². The van der Waals surface area contributed by atoms with Crippen molar-refractivity contribution in [1.29, 1.82) is 0 Å². The maximum atomic E-state index is 12.3. The number of rotatable bonds is 10. The van der Waals surface area contributed by atoms with Gasteiger partial charge >= 0.3 is 5.97 Å². The summed E-state index contributed by atoms with van der Waals surface area (Å²) in [5.41, 5.74) is 2.83. The second kappa shape index (κ2) is 9.64. The fourth-order valence-corrected chi connectivity index (χ4v) is 3.82. The normalized spacial score (nSPS) is 14.9. The lowest BCUT2D eigenvalue weighted by molar-refractivity contribution is -0.143. The van der Waals surface area contributed by atoms with E-state index in [0.29, 0.717) is 18.0 Å². The number of nitrogens with zero attached hydrogens (tertiary/aromatic N) is 1. The van der Waals surface area contributed by atoms with Crippen LogP contribution in [0.3, 0.4) is 0 Å². The Balaban J connectivity index is 1.58. The molecule has 28 heavy (non-hydrogen) atoms. The molecule has 1 unspecified atom stereocenters. The smallest absolute Gasteiger partial charge is 0.307 e. The summed E-state index contributed by atoms with van der Waals surface area (Å²) in [5.74, 6) is -1.15. The minimum atomic E-state index is -0.908. The van der Waals surface area contributed by atoms with E-state index in [1.807, 2.05) is 43.3 Å². The second-order valence-corrected chi connectivity index (χ2v) is 8.16. The third-order valence-corrected chi connectivity index (χ3v) is 5.64. The molecule has 1 heterocycles. The number of aliphatic carboxylic acids is 1. The Hall–Kier alpha value is -2.47. The molecule has 5 nitrogen and oxygen atoms in total. The van der Waals surface area contributed by atoms with Gasteiger partial charge in [0, 0.05) is 23.4 Å². The zero-order valence-electron chi connectivity index (χ0n) is 16.1. The maximum Gasteiger partial charge on any atom is 0.307 e. The quantitative estimate of drug-likeness (QED) is 0.561. The molecule has 0 bridgehead atoms. The van der Waals surface area contributed by atoms with E-state index in [2.05, 4.69) is 15.7 Å². The number of aromatic nitrogens is 1. The number of nitrogens with one attached hydrogen (secondary N) is 1. The van der Waals surface area contributed by atoms with Crippen molar-refractivity contribution in [1.82, 2.24) is 4.98 Å². The first-order valence-corrected chi connectivity index (χ1v) is 10.7. The molecule has 1 saturated carbocycles. The van der Waals surface area contributed by atoms with E-state index in [9.17, 15) is 14.7 Å². The largest absolute Gasteiger partial charge is 0.481 e. The summed E-state index contributed by atoms with van der Waals surface area (Å²) in [6, 6.07) is 7.53. The Labute approximate surface area is 169 Å². The molecule has 1 aliphatic rings. The number of anilines is 1. The van der Waals surface area contributed by atoms with Gasteiger partial charge in [0.25, 0.3) is 0 Å². The first kappa shape index (κ1) is 20.3. The topological polar surface area (TPSA) is 79.3 Å². The van der Waals surface area contributed by atoms with Crippen molar-refractivity contribution < 1.29 is 14.7 Å². The molecule has 2 N–H and O–H groups in total. The van der Waals surface area contributed by atoms with Gasteiger partial charge in [-0.1, -0.05) is 38.0 Å². The van der Waals surface area contributed by atoms with Crippen LogP contribution in [0.5, 0.6) is 0 Å². The van der Waals surface area contributed by atoms with Gasteiger partial charge in [0.2, 0.25) is 5.91 Å². The maximum absolute atomic E-state index is 12.3. The van der Waals surface area contributed by atoms with E-state index in [1.165, 1.54) is 18.5 Å². The van der Waals surface area contributed by atoms with Crippen molar-refractivity contribution in [2.45, 2.75) is 51.4 Å². The van der Waals surface area contributed by atoms with Gasteiger partial charge in [-0.25, -0.2) is 4.98 Å². The van der Waals surface area contributed by atoms with Crippen LogP contribution in [0.1, 0.15) is 67.6 Å². The molecule has 6 heteroatoms. The average molecular weight is 399 g/mol. The summed E-state index contributed by atoms with van der Waals surface area (Å²) in [7, 11) is 0. The van der Waals surface area contributed by atoms with Crippen LogP contribution in [-0.2, 0) is 9.59 Å². The monoisotopic (exact) mass is 398 g/mol. The number of carboxylic acids is 1. The number of hydrogen-bond donors (Lipinski definition) is 2. The number of carbonyl (C=O) groups is 2. The summed E-state index contributed by atoms with van der Waals surface area (Å²) in [6.07, 6.45) is 8.71. The highest BCUT2D eigenvalue weighted by atomic mass is 32.1. The first-order valence-electron chi connectivity index (χ1n) is 9.81. The highest BCUT2D eigenvalue weighted by Crippen LogP contribution is 2.40. The van der Waals surface area contributed by atoms with Gasteiger partial charge in [0.1, 0.15) is 5.01 Å². The first-order chi connectivity index (χ1) is 13.5. The summed E-state index contributed by atoms with van der Waals surface area (Å²) in [6.45, 7) is 2.01. The zero-order chi connectivity index (χ0) is 19.9. The van der Waals surface area contributed by atoms with Crippen LogP contribution in [0.2, 0.25) is 0 Å². The van der Waals surface area contributed by atoms with Crippen molar-refractivity contribution in [2.24, 2.45) is 5.92 Å². The van der Waals surface area contributed by atoms with Crippen molar-refractivity contribution in [3.63, 3.8) is 0 Å². The molecule has 3 rings (SSSR count). The van der Waals surface area contributed by atoms with E-state index in [-0.39, 0.29) is 12.3 Å². The van der Waals surface area contributed by atoms with Crippen LogP contribution in [-0.4, -0.2) is 22.0 Å². The summed E-state index contributed by atoms with van der Waals surface area (Å²) < 4.78 is 0. The standard InChI is InChI=1S/C22H26N2O3S/c1-2-3-6-17(22(26)27)13-20(25)23-18-7-4-5-15(12-18)8-11-21-24-19(14-28-21)16-9-10-16/h4-5,7-8,11-12,14,16-17H,2-3,6,9-10,13H2,1H3,(H,23,25)(H,26,27)/b11-8+. The summed E-state index contributed by atoms with van der Waals surface area (Å²) >= 11 is 1.64.